The van der Waals surface area contributed by atoms with E-state index in [1.165, 1.54) is 28.8 Å². The van der Waals surface area contributed by atoms with Gasteiger partial charge < -0.3 is 14.5 Å². The summed E-state index contributed by atoms with van der Waals surface area (Å²) >= 11 is 0.639. The Labute approximate surface area is 196 Å². The van der Waals surface area contributed by atoms with Gasteiger partial charge in [-0.25, -0.2) is 13.2 Å². The predicted molar refractivity (Wildman–Crippen MR) is 118 cm³/mol. The Bertz CT molecular complexity index is 1120. The van der Waals surface area contributed by atoms with Crippen molar-refractivity contribution in [3.8, 4) is 0 Å². The molecule has 13 nitrogen and oxygen atoms in total. The molecular weight excluding hydrogens is 500 g/mol. The molecular formula is C17H27N4O9S3+. The lowest BCUT2D eigenvalue weighted by atomic mass is 10.0. The van der Waals surface area contributed by atoms with Gasteiger partial charge >= 0.3 is 16.1 Å². The fraction of sp³-hybridized carbons (Fsp3) is 0.647. The molecule has 1 aliphatic rings. The maximum Gasteiger partial charge on any atom is 0.410 e. The van der Waals surface area contributed by atoms with E-state index in [1.54, 1.807) is 21.0 Å². The number of fused-ring (bicyclic) bond motifs is 1. The van der Waals surface area contributed by atoms with Crippen LogP contribution in [0.3, 0.4) is 0 Å². The molecule has 0 saturated heterocycles. The van der Waals surface area contributed by atoms with E-state index in [0.29, 0.717) is 11.3 Å². The Kier molecular flexibility index (Phi) is 8.64. The molecule has 0 aromatic carbocycles. The molecule has 0 fully saturated rings. The fourth-order valence-electron chi connectivity index (χ4n) is 3.15. The number of hydrogen-bond donors (Lipinski definition) is 1. The Morgan fingerprint density at radius 2 is 2.06 bits per heavy atom. The molecule has 2 rings (SSSR count). The topological polar surface area (TPSA) is 165 Å². The van der Waals surface area contributed by atoms with Crippen molar-refractivity contribution < 1.29 is 40.9 Å². The van der Waals surface area contributed by atoms with Crippen LogP contribution in [0.2, 0.25) is 0 Å². The smallest absolute Gasteiger partial charge is 0.410 e. The van der Waals surface area contributed by atoms with Gasteiger partial charge in [0.25, 0.3) is 5.09 Å². The second kappa shape index (κ2) is 10.6. The number of nitrogens with zero attached hydrogens (tertiary/aromatic N) is 3. The zero-order valence-electron chi connectivity index (χ0n) is 18.6. The van der Waals surface area contributed by atoms with Crippen LogP contribution in [0.25, 0.3) is 0 Å². The third-order valence-electron chi connectivity index (χ3n) is 4.80. The van der Waals surface area contributed by atoms with E-state index >= 15 is 0 Å². The number of rotatable bonds is 10. The first-order chi connectivity index (χ1) is 15.3. The summed E-state index contributed by atoms with van der Waals surface area (Å²) in [5.74, 6) is 0. The molecule has 1 aliphatic heterocycles. The normalized spacial score (nSPS) is 19.2. The minimum atomic E-state index is -4.02. The molecule has 0 radical (unpaired) electrons. The quantitative estimate of drug-likeness (QED) is 0.117. The number of carbonyl (C=O) groups excluding carboxylic acids is 1. The van der Waals surface area contributed by atoms with Crippen LogP contribution in [0.4, 0.5) is 4.79 Å². The van der Waals surface area contributed by atoms with E-state index in [2.05, 4.69) is 9.56 Å². The Hall–Kier alpha value is -2.46. The number of nitrogens with one attached hydrogen (secondary N) is 1. The van der Waals surface area contributed by atoms with Gasteiger partial charge in [0, 0.05) is 18.5 Å². The van der Waals surface area contributed by atoms with Crippen molar-refractivity contribution >= 4 is 43.6 Å². The second-order valence-corrected chi connectivity index (χ2v) is 13.0. The molecule has 1 N–H and O–H groups in total. The first-order valence-corrected chi connectivity index (χ1v) is 13.8. The van der Waals surface area contributed by atoms with Crippen LogP contribution in [-0.4, -0.2) is 82.9 Å². The molecule has 1 aromatic heterocycles. The molecule has 1 amide bonds. The number of sulfonamides is 1. The number of hydrogen-bond acceptors (Lipinski definition) is 10. The van der Waals surface area contributed by atoms with E-state index in [0.717, 1.165) is 0 Å². The first kappa shape index (κ1) is 26.8. The van der Waals surface area contributed by atoms with Crippen molar-refractivity contribution in [3.05, 3.63) is 21.7 Å². The predicted octanol–water partition coefficient (Wildman–Crippen LogP) is 0.991. The summed E-state index contributed by atoms with van der Waals surface area (Å²) in [5, 5.41) is 8.38. The van der Waals surface area contributed by atoms with Gasteiger partial charge in [-0.1, -0.05) is 0 Å². The number of sulfone groups is 1. The first-order valence-electron chi connectivity index (χ1n) is 9.91. The number of ether oxygens (including phenoxy) is 1. The molecule has 0 aliphatic carbocycles. The highest BCUT2D eigenvalue weighted by molar-refractivity contribution is 7.95. The van der Waals surface area contributed by atoms with Crippen LogP contribution >= 0.6 is 11.3 Å². The van der Waals surface area contributed by atoms with Crippen LogP contribution < -0.4 is 4.72 Å². The number of thiophene rings is 1. The minimum absolute atomic E-state index is 0.0657. The van der Waals surface area contributed by atoms with Gasteiger partial charge in [0.15, 0.2) is 14.0 Å². The van der Waals surface area contributed by atoms with E-state index < -0.39 is 42.3 Å². The Balaban J connectivity index is 2.34. The van der Waals surface area contributed by atoms with Crippen molar-refractivity contribution in [3.63, 3.8) is 0 Å². The summed E-state index contributed by atoms with van der Waals surface area (Å²) in [4.78, 5) is 28.3. The Morgan fingerprint density at radius 1 is 1.39 bits per heavy atom. The van der Waals surface area contributed by atoms with Crippen LogP contribution in [-0.2, 0) is 29.4 Å². The van der Waals surface area contributed by atoms with Crippen molar-refractivity contribution in [1.82, 2.24) is 9.62 Å². The van der Waals surface area contributed by atoms with E-state index in [-0.39, 0.29) is 46.6 Å². The van der Waals surface area contributed by atoms with Gasteiger partial charge in [0.1, 0.15) is 4.21 Å². The fourth-order valence-corrected chi connectivity index (χ4v) is 8.12. The van der Waals surface area contributed by atoms with Crippen molar-refractivity contribution in [2.45, 2.75) is 46.4 Å². The van der Waals surface area contributed by atoms with Gasteiger partial charge in [-0.05, 0) is 26.3 Å². The van der Waals surface area contributed by atoms with Crippen LogP contribution in [0.15, 0.2) is 14.5 Å². The van der Waals surface area contributed by atoms with Gasteiger partial charge in [0.2, 0.25) is 6.34 Å². The lowest BCUT2D eigenvalue weighted by Crippen LogP contribution is -2.40. The largest absolute Gasteiger partial charge is 0.449 e. The average Bonchev–Trinajstić information content (AvgIpc) is 3.18. The molecule has 186 valence electrons. The molecule has 16 heteroatoms. The summed E-state index contributed by atoms with van der Waals surface area (Å²) in [5.41, 5.74) is 0.221. The highest BCUT2D eigenvalue weighted by Crippen LogP contribution is 2.45. The monoisotopic (exact) mass is 527 g/mol. The maximum absolute atomic E-state index is 12.9. The standard InChI is InChI=1S/C17H26N4O9S3/c1-5-20(17(22)29-7-6-8-30-21(23)24)14-9-12(2)32(25,26)16-13(14)10-15(31-16)33(27,28)18-11-19(3)4/h10-12,14H,5-9H2,1-4H3/p+1/t12?,14-/m0/s1. The summed E-state index contributed by atoms with van der Waals surface area (Å²) in [6.07, 6.45) is 0.646. The summed E-state index contributed by atoms with van der Waals surface area (Å²) < 4.78 is 59.8. The highest BCUT2D eigenvalue weighted by atomic mass is 32.3. The second-order valence-electron chi connectivity index (χ2n) is 7.44. The molecule has 0 spiro atoms. The van der Waals surface area contributed by atoms with E-state index in [9.17, 15) is 31.7 Å². The maximum atomic E-state index is 12.9. The minimum Gasteiger partial charge on any atom is -0.449 e. The highest BCUT2D eigenvalue weighted by Gasteiger charge is 2.43. The molecule has 2 heterocycles. The average molecular weight is 528 g/mol. The van der Waals surface area contributed by atoms with Crippen LogP contribution in [0.5, 0.6) is 0 Å². The zero-order chi connectivity index (χ0) is 25.0. The molecule has 1 unspecified atom stereocenters. The van der Waals surface area contributed by atoms with Crippen LogP contribution in [0.1, 0.15) is 38.3 Å². The van der Waals surface area contributed by atoms with Gasteiger partial charge in [-0.15, -0.1) is 21.5 Å². The van der Waals surface area contributed by atoms with Crippen molar-refractivity contribution in [2.75, 3.05) is 33.9 Å². The lowest BCUT2D eigenvalue weighted by Gasteiger charge is -2.35. The summed E-state index contributed by atoms with van der Waals surface area (Å²) in [6.45, 7) is 2.99. The lowest BCUT2D eigenvalue weighted by molar-refractivity contribution is -0.757. The third-order valence-corrected chi connectivity index (χ3v) is 10.5. The van der Waals surface area contributed by atoms with Gasteiger partial charge in [0.05, 0.1) is 38.6 Å². The number of amides is 1. The molecule has 0 saturated carbocycles. The molecule has 1 aromatic rings. The van der Waals surface area contributed by atoms with Crippen molar-refractivity contribution in [2.24, 2.45) is 0 Å². The third kappa shape index (κ3) is 6.32. The van der Waals surface area contributed by atoms with E-state index in [4.69, 9.17) is 4.74 Å². The van der Waals surface area contributed by atoms with Crippen LogP contribution in [0, 0.1) is 10.1 Å². The van der Waals surface area contributed by atoms with E-state index in [1.807, 2.05) is 0 Å². The summed E-state index contributed by atoms with van der Waals surface area (Å²) in [7, 11) is -4.55. The molecule has 2 atom stereocenters. The number of carbonyl (C=O) groups is 1. The molecule has 33 heavy (non-hydrogen) atoms. The SMILES string of the molecule is CCN(C(=O)OCCCO[N+](=O)[O-])[C@H]1CC(C)S(=O)(=O)c2sc(S(=O)(=O)NC=[N+](C)C)cc21. The Morgan fingerprint density at radius 3 is 2.64 bits per heavy atom. The van der Waals surface area contributed by atoms with Gasteiger partial charge in [-0.3, -0.25) is 4.58 Å². The summed E-state index contributed by atoms with van der Waals surface area (Å²) in [6, 6.07) is 0.560. The molecule has 0 bridgehead atoms. The van der Waals surface area contributed by atoms with Gasteiger partial charge in [-0.2, -0.15) is 13.1 Å². The van der Waals surface area contributed by atoms with Crippen molar-refractivity contribution in [1.29, 1.82) is 0 Å². The zero-order valence-corrected chi connectivity index (χ0v) is 21.0.